The molecule has 3 saturated carbocycles. The number of aliphatic carboxylic acids is 1. The number of carbonyl (C=O) groups excluding carboxylic acids is 1. The van der Waals surface area contributed by atoms with Gasteiger partial charge in [0.2, 0.25) is 0 Å². The number of esters is 1. The lowest BCUT2D eigenvalue weighted by molar-refractivity contribution is -0.162. The highest BCUT2D eigenvalue weighted by molar-refractivity contribution is 5.86. The van der Waals surface area contributed by atoms with Gasteiger partial charge in [0.25, 0.3) is 0 Å². The second-order valence-electron chi connectivity index (χ2n) is 8.84. The molecular weight excluding hydrogens is 308 g/mol. The molecule has 4 aliphatic carbocycles. The van der Waals surface area contributed by atoms with E-state index in [2.05, 4.69) is 6.58 Å². The van der Waals surface area contributed by atoms with E-state index in [1.807, 2.05) is 19.1 Å². The highest BCUT2D eigenvalue weighted by Crippen LogP contribution is 2.77. The number of hydrogen-bond acceptors (Lipinski definition) is 4. The van der Waals surface area contributed by atoms with Gasteiger partial charge in [-0.3, -0.25) is 9.59 Å². The van der Waals surface area contributed by atoms with E-state index in [9.17, 15) is 19.8 Å². The molecule has 5 nitrogen and oxygen atoms in total. The molecule has 7 atom stereocenters. The Bertz CT molecular complexity index is 740. The summed E-state index contributed by atoms with van der Waals surface area (Å²) in [7, 11) is 0. The van der Waals surface area contributed by atoms with Gasteiger partial charge in [-0.1, -0.05) is 18.7 Å². The van der Waals surface area contributed by atoms with Crippen LogP contribution in [0.5, 0.6) is 0 Å². The van der Waals surface area contributed by atoms with Crippen molar-refractivity contribution in [3.63, 3.8) is 0 Å². The van der Waals surface area contributed by atoms with Crippen LogP contribution < -0.4 is 0 Å². The lowest BCUT2D eigenvalue weighted by Crippen LogP contribution is -2.47. The van der Waals surface area contributed by atoms with Crippen molar-refractivity contribution in [2.24, 2.45) is 28.6 Å². The van der Waals surface area contributed by atoms with Gasteiger partial charge in [0, 0.05) is 18.3 Å². The predicted octanol–water partition coefficient (Wildman–Crippen LogP) is 2.06. The summed E-state index contributed by atoms with van der Waals surface area (Å²) in [6.45, 7) is 5.88. The van der Waals surface area contributed by atoms with Gasteiger partial charge < -0.3 is 14.9 Å². The fourth-order valence-electron chi connectivity index (χ4n) is 7.23. The van der Waals surface area contributed by atoms with Crippen LogP contribution in [0.2, 0.25) is 0 Å². The molecule has 3 unspecified atom stereocenters. The molecule has 0 aromatic carbocycles. The Morgan fingerprint density at radius 3 is 2.92 bits per heavy atom. The quantitative estimate of drug-likeness (QED) is 0.568. The summed E-state index contributed by atoms with van der Waals surface area (Å²) < 4.78 is 5.99. The molecule has 1 spiro atoms. The first-order valence-corrected chi connectivity index (χ1v) is 8.74. The molecule has 1 aliphatic heterocycles. The van der Waals surface area contributed by atoms with Crippen molar-refractivity contribution in [2.75, 3.05) is 0 Å². The van der Waals surface area contributed by atoms with E-state index in [1.54, 1.807) is 0 Å². The van der Waals surface area contributed by atoms with Crippen molar-refractivity contribution in [3.05, 3.63) is 24.3 Å². The average Bonchev–Trinajstić information content (AvgIpc) is 2.88. The summed E-state index contributed by atoms with van der Waals surface area (Å²) in [6.07, 6.45) is 6.66. The Labute approximate surface area is 140 Å². The third kappa shape index (κ3) is 1.25. The number of carboxylic acid groups (broad SMARTS) is 1. The van der Waals surface area contributed by atoms with E-state index in [4.69, 9.17) is 4.74 Å². The van der Waals surface area contributed by atoms with E-state index < -0.39 is 33.9 Å². The van der Waals surface area contributed by atoms with Crippen molar-refractivity contribution < 1.29 is 24.5 Å². The van der Waals surface area contributed by atoms with E-state index in [-0.39, 0.29) is 17.8 Å². The lowest BCUT2D eigenvalue weighted by atomic mass is 9.62. The van der Waals surface area contributed by atoms with Crippen molar-refractivity contribution in [1.29, 1.82) is 0 Å². The fourth-order valence-corrected chi connectivity index (χ4v) is 7.23. The van der Waals surface area contributed by atoms with E-state index in [0.29, 0.717) is 32.1 Å². The van der Waals surface area contributed by atoms with Gasteiger partial charge in [0.1, 0.15) is 5.60 Å². The van der Waals surface area contributed by atoms with Crippen LogP contribution in [-0.4, -0.2) is 33.4 Å². The van der Waals surface area contributed by atoms with Crippen LogP contribution in [-0.2, 0) is 14.3 Å². The van der Waals surface area contributed by atoms with Crippen LogP contribution in [0, 0.1) is 28.6 Å². The van der Waals surface area contributed by atoms with Crippen LogP contribution >= 0.6 is 0 Å². The van der Waals surface area contributed by atoms with E-state index in [0.717, 1.165) is 5.57 Å². The van der Waals surface area contributed by atoms with Crippen molar-refractivity contribution in [1.82, 2.24) is 0 Å². The molecule has 128 valence electrons. The second-order valence-corrected chi connectivity index (χ2v) is 8.84. The molecule has 0 aromatic heterocycles. The number of carboxylic acids is 1. The number of aliphatic hydroxyl groups is 1. The molecule has 24 heavy (non-hydrogen) atoms. The first-order valence-electron chi connectivity index (χ1n) is 8.74. The Balaban J connectivity index is 1.77. The fraction of sp³-hybridized carbons (Fsp3) is 0.684. The molecule has 1 saturated heterocycles. The van der Waals surface area contributed by atoms with Crippen LogP contribution in [0.25, 0.3) is 0 Å². The van der Waals surface area contributed by atoms with Gasteiger partial charge in [0.05, 0.1) is 16.9 Å². The van der Waals surface area contributed by atoms with Gasteiger partial charge in [-0.05, 0) is 43.6 Å². The van der Waals surface area contributed by atoms with E-state index >= 15 is 0 Å². The first-order chi connectivity index (χ1) is 11.2. The SMILES string of the molecule is C=C1C[C@]23C[C@@]1(O)CCC2[C@@]12CC=CC(C)(C(=O)O1)C2[C@@H]3C(=O)O. The van der Waals surface area contributed by atoms with Crippen molar-refractivity contribution in [3.8, 4) is 0 Å². The van der Waals surface area contributed by atoms with Gasteiger partial charge in [-0.2, -0.15) is 0 Å². The van der Waals surface area contributed by atoms with Crippen LogP contribution in [0.1, 0.15) is 39.0 Å². The topological polar surface area (TPSA) is 83.8 Å². The molecule has 0 radical (unpaired) electrons. The monoisotopic (exact) mass is 330 g/mol. The van der Waals surface area contributed by atoms with Gasteiger partial charge in [-0.25, -0.2) is 0 Å². The maximum atomic E-state index is 12.6. The summed E-state index contributed by atoms with van der Waals surface area (Å²) >= 11 is 0. The second kappa shape index (κ2) is 3.79. The molecule has 5 aliphatic rings. The number of ether oxygens (including phenoxy) is 1. The van der Waals surface area contributed by atoms with Gasteiger partial charge in [-0.15, -0.1) is 0 Å². The summed E-state index contributed by atoms with van der Waals surface area (Å²) in [6, 6.07) is 0. The Kier molecular flexibility index (Phi) is 2.32. The maximum Gasteiger partial charge on any atom is 0.316 e. The normalized spacial score (nSPS) is 56.8. The minimum atomic E-state index is -0.952. The smallest absolute Gasteiger partial charge is 0.316 e. The molecule has 4 fully saturated rings. The zero-order chi connectivity index (χ0) is 17.1. The standard InChI is InChI=1S/C19H22O5/c1-10-8-17-9-18(10,23)7-4-11(17)19-6-3-5-16(2,15(22)24-19)13(19)12(17)14(20)21/h3,5,11-13,23H,1,4,6-9H2,2H3,(H,20,21)/t11?,12-,13?,16?,17+,18+,19-/m1/s1. The Morgan fingerprint density at radius 1 is 1.46 bits per heavy atom. The Hall–Kier alpha value is -1.62. The molecule has 1 heterocycles. The van der Waals surface area contributed by atoms with Crippen LogP contribution in [0.4, 0.5) is 0 Å². The number of fused-ring (bicyclic) bond motifs is 1. The van der Waals surface area contributed by atoms with Crippen LogP contribution in [0.15, 0.2) is 24.3 Å². The largest absolute Gasteiger partial charge is 0.481 e. The first kappa shape index (κ1) is 14.7. The predicted molar refractivity (Wildman–Crippen MR) is 83.8 cm³/mol. The molecule has 4 bridgehead atoms. The third-order valence-corrected chi connectivity index (χ3v) is 7.97. The maximum absolute atomic E-state index is 12.6. The van der Waals surface area contributed by atoms with Crippen molar-refractivity contribution in [2.45, 2.75) is 50.2 Å². The molecular formula is C19H22O5. The third-order valence-electron chi connectivity index (χ3n) is 7.97. The van der Waals surface area contributed by atoms with E-state index in [1.165, 1.54) is 0 Å². The summed E-state index contributed by atoms with van der Waals surface area (Å²) in [5.74, 6) is -2.23. The molecule has 2 N–H and O–H groups in total. The number of rotatable bonds is 1. The van der Waals surface area contributed by atoms with Gasteiger partial charge in [0.15, 0.2) is 0 Å². The molecule has 0 amide bonds. The summed E-state index contributed by atoms with van der Waals surface area (Å²) in [5.41, 5.74) is -2.35. The zero-order valence-electron chi connectivity index (χ0n) is 13.7. The zero-order valence-corrected chi connectivity index (χ0v) is 13.7. The minimum absolute atomic E-state index is 0.0219. The highest BCUT2D eigenvalue weighted by Gasteiger charge is 2.82. The molecule has 0 aromatic rings. The van der Waals surface area contributed by atoms with Crippen molar-refractivity contribution >= 4 is 11.9 Å². The molecule has 5 heteroatoms. The minimum Gasteiger partial charge on any atom is -0.481 e. The number of carbonyl (C=O) groups is 2. The summed E-state index contributed by atoms with van der Waals surface area (Å²) in [5, 5.41) is 21.1. The molecule has 5 rings (SSSR count). The Morgan fingerprint density at radius 2 is 2.21 bits per heavy atom. The van der Waals surface area contributed by atoms with Gasteiger partial charge >= 0.3 is 11.9 Å². The highest BCUT2D eigenvalue weighted by atomic mass is 16.6. The lowest BCUT2D eigenvalue weighted by Gasteiger charge is -2.45. The number of hydrogen-bond donors (Lipinski definition) is 2. The summed E-state index contributed by atoms with van der Waals surface area (Å²) in [4.78, 5) is 25.0. The average molecular weight is 330 g/mol. The van der Waals surface area contributed by atoms with Crippen LogP contribution in [0.3, 0.4) is 0 Å².